The molecule has 10 heteroatoms. The summed E-state index contributed by atoms with van der Waals surface area (Å²) in [4.78, 5) is 12.4. The molecule has 0 atom stereocenters. The molecule has 0 saturated carbocycles. The molecule has 1 amide bonds. The Morgan fingerprint density at radius 3 is 1.95 bits per heavy atom. The molecule has 0 aliphatic carbocycles. The summed E-state index contributed by atoms with van der Waals surface area (Å²) in [6, 6.07) is 7.75. The highest BCUT2D eigenvalue weighted by atomic mass is 79.9. The van der Waals surface area contributed by atoms with Crippen molar-refractivity contribution in [1.29, 1.82) is 0 Å². The van der Waals surface area contributed by atoms with E-state index in [-0.39, 0.29) is 47.3 Å². The predicted molar refractivity (Wildman–Crippen MR) is 156 cm³/mol. The zero-order valence-electron chi connectivity index (χ0n) is 23.4. The number of carbonyl (C=O) groups excluding carboxylic acids is 1. The molecule has 1 aromatic heterocycles. The molecule has 0 saturated heterocycles. The highest BCUT2D eigenvalue weighted by Crippen LogP contribution is 2.45. The molecule has 208 valence electrons. The van der Waals surface area contributed by atoms with E-state index in [1.165, 1.54) is 0 Å². The highest BCUT2D eigenvalue weighted by molar-refractivity contribution is 9.11. The Morgan fingerprint density at radius 2 is 1.47 bits per heavy atom. The van der Waals surface area contributed by atoms with Gasteiger partial charge in [0.2, 0.25) is 5.88 Å². The maximum absolute atomic E-state index is 12.4. The van der Waals surface area contributed by atoms with Gasteiger partial charge in [0.15, 0.2) is 12.2 Å². The van der Waals surface area contributed by atoms with Crippen molar-refractivity contribution in [2.45, 2.75) is 58.9 Å². The second-order valence-corrected chi connectivity index (χ2v) is 14.4. The number of phenolic OH excluding ortho intramolecular Hbond substituents is 1. The molecule has 7 nitrogen and oxygen atoms in total. The first kappa shape index (κ1) is 32.3. The van der Waals surface area contributed by atoms with Crippen LogP contribution in [0.2, 0.25) is 0 Å². The number of aromatic hydroxyl groups is 2. The Kier molecular flexibility index (Phi) is 9.58. The summed E-state index contributed by atoms with van der Waals surface area (Å²) in [5.41, 5.74) is 3.03. The number of amides is 1. The van der Waals surface area contributed by atoms with Gasteiger partial charge in [-0.05, 0) is 67.7 Å². The van der Waals surface area contributed by atoms with Crippen molar-refractivity contribution in [2.24, 2.45) is 10.2 Å². The highest BCUT2D eigenvalue weighted by Gasteiger charge is 2.28. The molecule has 3 aromatic rings. The second-order valence-electron chi connectivity index (χ2n) is 12.6. The van der Waals surface area contributed by atoms with Gasteiger partial charge < -0.3 is 31.7 Å². The van der Waals surface area contributed by atoms with Gasteiger partial charge in [0.1, 0.15) is 5.75 Å². The van der Waals surface area contributed by atoms with E-state index in [0.717, 1.165) is 31.2 Å². The van der Waals surface area contributed by atoms with Gasteiger partial charge in [0.25, 0.3) is 0 Å². The molecule has 0 bridgehead atoms. The van der Waals surface area contributed by atoms with Crippen molar-refractivity contribution in [3.8, 4) is 11.6 Å². The topological polar surface area (TPSA) is 87.2 Å². The van der Waals surface area contributed by atoms with Crippen molar-refractivity contribution in [3.05, 3.63) is 49.9 Å². The van der Waals surface area contributed by atoms with Crippen LogP contribution in [0.15, 0.2) is 43.4 Å². The van der Waals surface area contributed by atoms with Crippen LogP contribution in [0.4, 0.5) is 5.69 Å². The number of hydrogen-bond donors (Lipinski definition) is 2. The lowest BCUT2D eigenvalue weighted by molar-refractivity contribution is -0.862. The monoisotopic (exact) mass is 670 g/mol. The quantitative estimate of drug-likeness (QED) is 0.309. The summed E-state index contributed by atoms with van der Waals surface area (Å²) in [7, 11) is 5.71. The first-order valence-corrected chi connectivity index (χ1v) is 13.7. The van der Waals surface area contributed by atoms with Gasteiger partial charge in [0.05, 0.1) is 33.2 Å². The summed E-state index contributed by atoms with van der Waals surface area (Å²) < 4.78 is 3.75. The van der Waals surface area contributed by atoms with E-state index in [1.807, 2.05) is 45.4 Å². The van der Waals surface area contributed by atoms with Gasteiger partial charge in [-0.2, -0.15) is 0 Å². The average molecular weight is 673 g/mol. The second kappa shape index (κ2) is 11.3. The Balaban J connectivity index is 0.00000507. The molecule has 0 fully saturated rings. The Bertz CT molecular complexity index is 1360. The summed E-state index contributed by atoms with van der Waals surface area (Å²) in [6.45, 7) is 12.9. The lowest BCUT2D eigenvalue weighted by Gasteiger charge is -2.28. The van der Waals surface area contributed by atoms with Gasteiger partial charge >= 0.3 is 5.91 Å². The fourth-order valence-corrected chi connectivity index (χ4v) is 5.72. The van der Waals surface area contributed by atoms with Crippen molar-refractivity contribution in [3.63, 3.8) is 0 Å². The maximum Gasteiger partial charge on any atom is 0.319 e. The molecule has 0 aliphatic heterocycles. The van der Waals surface area contributed by atoms with Crippen LogP contribution in [0.5, 0.6) is 11.6 Å². The van der Waals surface area contributed by atoms with Crippen molar-refractivity contribution in [2.75, 3.05) is 27.7 Å². The zero-order chi connectivity index (χ0) is 28.1. The number of fused-ring (bicyclic) bond motifs is 1. The minimum atomic E-state index is -0.370. The van der Waals surface area contributed by atoms with Crippen LogP contribution in [0.3, 0.4) is 0 Å². The van der Waals surface area contributed by atoms with Crippen LogP contribution < -0.4 is 12.4 Å². The molecule has 0 radical (unpaired) electrons. The Morgan fingerprint density at radius 1 is 0.947 bits per heavy atom. The van der Waals surface area contributed by atoms with Gasteiger partial charge in [0, 0.05) is 14.3 Å². The summed E-state index contributed by atoms with van der Waals surface area (Å²) in [5.74, 6) is -0.149. The first-order chi connectivity index (χ1) is 16.8. The van der Waals surface area contributed by atoms with Crippen LogP contribution in [0.25, 0.3) is 10.9 Å². The van der Waals surface area contributed by atoms with Crippen LogP contribution in [0, 0.1) is 0 Å². The number of halogens is 3. The van der Waals surface area contributed by atoms with E-state index >= 15 is 0 Å². The van der Waals surface area contributed by atoms with Crippen molar-refractivity contribution >= 4 is 54.4 Å². The average Bonchev–Trinajstić information content (AvgIpc) is 2.95. The number of benzene rings is 2. The molecule has 2 N–H and O–H groups in total. The smallest absolute Gasteiger partial charge is 0.319 e. The molecule has 3 rings (SSSR count). The molecular formula is C28H37Br2ClN4O3. The van der Waals surface area contributed by atoms with Crippen LogP contribution in [-0.2, 0) is 22.2 Å². The maximum atomic E-state index is 12.4. The summed E-state index contributed by atoms with van der Waals surface area (Å²) in [6.07, 6.45) is 0. The zero-order valence-corrected chi connectivity index (χ0v) is 27.4. The summed E-state index contributed by atoms with van der Waals surface area (Å²) >= 11 is 7.16. The van der Waals surface area contributed by atoms with Crippen LogP contribution in [0.1, 0.15) is 58.2 Å². The van der Waals surface area contributed by atoms with E-state index in [2.05, 4.69) is 83.6 Å². The standard InChI is InChI=1S/C28H36Br2N4O3.ClH/c1-27(2,3)19-10-16(11-20(25(19)36)28(4,5)6)14-33-24-18(12-17(29)13-21(24)30)23(26(33)37)32-31-22(35)15-34(7,8)9;/h10-13H,14-15H2,1-9H3,(H-,31,35,36,37);1H. The minimum Gasteiger partial charge on any atom is -1.00 e. The molecule has 38 heavy (non-hydrogen) atoms. The third-order valence-electron chi connectivity index (χ3n) is 6.02. The van der Waals surface area contributed by atoms with E-state index < -0.39 is 0 Å². The van der Waals surface area contributed by atoms with Gasteiger partial charge in [-0.15, -0.1) is 10.2 Å². The number of likely N-dealkylation sites (N-methyl/N-ethyl adjacent to an activating group) is 1. The largest absolute Gasteiger partial charge is 1.00 e. The van der Waals surface area contributed by atoms with Gasteiger partial charge in [-0.1, -0.05) is 57.5 Å². The van der Waals surface area contributed by atoms with E-state index in [0.29, 0.717) is 22.2 Å². The van der Waals surface area contributed by atoms with E-state index in [9.17, 15) is 15.0 Å². The number of aromatic nitrogens is 1. The lowest BCUT2D eigenvalue weighted by atomic mass is 9.78. The fraction of sp³-hybridized carbons (Fsp3) is 0.464. The number of quaternary nitrogens is 1. The summed E-state index contributed by atoms with van der Waals surface area (Å²) in [5, 5.41) is 31.3. The molecular weight excluding hydrogens is 636 g/mol. The first-order valence-electron chi connectivity index (χ1n) is 12.1. The Hall–Kier alpha value is -1.94. The van der Waals surface area contributed by atoms with E-state index in [1.54, 1.807) is 4.57 Å². The van der Waals surface area contributed by atoms with Crippen LogP contribution >= 0.6 is 31.9 Å². The SMILES string of the molecule is CC(C)(C)c1cc(Cn2c(O)c(N=NC(=O)C[N+](C)(C)C)c3cc(Br)cc(Br)c32)cc(C(C)(C)C)c1O.[Cl-]. The number of nitrogens with zero attached hydrogens (tertiary/aromatic N) is 4. The number of carbonyl (C=O) groups is 1. The molecule has 0 spiro atoms. The molecule has 0 unspecified atom stereocenters. The number of azo groups is 1. The normalized spacial score (nSPS) is 12.8. The third kappa shape index (κ3) is 7.17. The molecule has 1 heterocycles. The van der Waals surface area contributed by atoms with Crippen LogP contribution in [-0.4, -0.2) is 52.9 Å². The number of phenols is 1. The third-order valence-corrected chi connectivity index (χ3v) is 7.08. The van der Waals surface area contributed by atoms with Crippen molar-refractivity contribution in [1.82, 2.24) is 4.57 Å². The lowest BCUT2D eigenvalue weighted by Crippen LogP contribution is -3.00. The predicted octanol–water partition coefficient (Wildman–Crippen LogP) is 4.54. The van der Waals surface area contributed by atoms with E-state index in [4.69, 9.17) is 0 Å². The van der Waals surface area contributed by atoms with Gasteiger partial charge in [-0.3, -0.25) is 4.79 Å². The fourth-order valence-electron chi connectivity index (χ4n) is 4.28. The number of rotatable bonds is 5. The molecule has 2 aromatic carbocycles. The van der Waals surface area contributed by atoms with Crippen molar-refractivity contribution < 1.29 is 31.9 Å². The Labute approximate surface area is 248 Å². The van der Waals surface area contributed by atoms with Gasteiger partial charge in [-0.25, -0.2) is 0 Å². The minimum absolute atomic E-state index is 0. The molecule has 0 aliphatic rings. The number of hydrogen-bond acceptors (Lipinski definition) is 4.